The second-order valence-corrected chi connectivity index (χ2v) is 5.29. The van der Waals surface area contributed by atoms with Crippen molar-refractivity contribution in [2.45, 2.75) is 6.92 Å². The van der Waals surface area contributed by atoms with E-state index in [9.17, 15) is 9.70 Å². The van der Waals surface area contributed by atoms with Crippen LogP contribution in [0, 0.1) is 4.91 Å². The van der Waals surface area contributed by atoms with E-state index in [-0.39, 0.29) is 5.91 Å². The van der Waals surface area contributed by atoms with Gasteiger partial charge in [0.25, 0.3) is 0 Å². The van der Waals surface area contributed by atoms with E-state index >= 15 is 0 Å². The van der Waals surface area contributed by atoms with Gasteiger partial charge in [-0.25, -0.2) is 9.97 Å². The summed E-state index contributed by atoms with van der Waals surface area (Å²) in [5, 5.41) is 8.69. The van der Waals surface area contributed by atoms with E-state index in [1.165, 1.54) is 6.92 Å². The molecule has 0 unspecified atom stereocenters. The number of nitrogens with one attached hydrogen (secondary N) is 2. The molecule has 2 aromatic carbocycles. The molecule has 1 heterocycles. The number of carbonyl (C=O) groups excluding carboxylic acids is 1. The molecule has 0 aliphatic carbocycles. The number of amides is 1. The number of anilines is 3. The van der Waals surface area contributed by atoms with Gasteiger partial charge in [-0.1, -0.05) is 18.2 Å². The fraction of sp³-hybridized carbons (Fsp3) is 0.0556. The predicted octanol–water partition coefficient (Wildman–Crippen LogP) is 4.24. The Morgan fingerprint density at radius 1 is 1.04 bits per heavy atom. The van der Waals surface area contributed by atoms with Crippen LogP contribution in [0.1, 0.15) is 6.92 Å². The lowest BCUT2D eigenvalue weighted by molar-refractivity contribution is -0.114. The van der Waals surface area contributed by atoms with E-state index in [1.54, 1.807) is 36.5 Å². The van der Waals surface area contributed by atoms with Crippen molar-refractivity contribution >= 4 is 28.9 Å². The Balaban J connectivity index is 1.86. The van der Waals surface area contributed by atoms with Crippen LogP contribution in [0.5, 0.6) is 0 Å². The number of hydrogen-bond donors (Lipinski definition) is 2. The summed E-state index contributed by atoms with van der Waals surface area (Å²) in [4.78, 5) is 30.5. The maximum atomic E-state index is 11.2. The highest BCUT2D eigenvalue weighted by atomic mass is 16.3. The fourth-order valence-electron chi connectivity index (χ4n) is 2.31. The van der Waals surface area contributed by atoms with Gasteiger partial charge in [-0.15, -0.1) is 4.91 Å². The Hall–Kier alpha value is -3.61. The summed E-state index contributed by atoms with van der Waals surface area (Å²) in [6.45, 7) is 1.46. The average Bonchev–Trinajstić information content (AvgIpc) is 2.62. The van der Waals surface area contributed by atoms with Crippen molar-refractivity contribution in [2.24, 2.45) is 5.18 Å². The Morgan fingerprint density at radius 3 is 2.64 bits per heavy atom. The summed E-state index contributed by atoms with van der Waals surface area (Å²) in [7, 11) is 0. The minimum Gasteiger partial charge on any atom is -0.326 e. The maximum Gasteiger partial charge on any atom is 0.227 e. The molecule has 3 aromatic rings. The molecule has 1 amide bonds. The largest absolute Gasteiger partial charge is 0.326 e. The molecule has 0 aliphatic heterocycles. The molecule has 0 saturated carbocycles. The van der Waals surface area contributed by atoms with Crippen molar-refractivity contribution in [3.63, 3.8) is 0 Å². The third-order valence-corrected chi connectivity index (χ3v) is 3.34. The van der Waals surface area contributed by atoms with Gasteiger partial charge in [0, 0.05) is 30.1 Å². The first-order valence-electron chi connectivity index (χ1n) is 7.55. The van der Waals surface area contributed by atoms with E-state index < -0.39 is 0 Å². The second kappa shape index (κ2) is 7.31. The van der Waals surface area contributed by atoms with E-state index in [4.69, 9.17) is 0 Å². The van der Waals surface area contributed by atoms with E-state index in [0.29, 0.717) is 28.7 Å². The first kappa shape index (κ1) is 16.3. The minimum atomic E-state index is -0.133. The smallest absolute Gasteiger partial charge is 0.227 e. The van der Waals surface area contributed by atoms with Gasteiger partial charge in [-0.2, -0.15) is 0 Å². The van der Waals surface area contributed by atoms with Gasteiger partial charge in [0.15, 0.2) is 0 Å². The number of hydrogen-bond acceptors (Lipinski definition) is 6. The van der Waals surface area contributed by atoms with Gasteiger partial charge in [-0.05, 0) is 41.6 Å². The van der Waals surface area contributed by atoms with Gasteiger partial charge < -0.3 is 10.6 Å². The first-order valence-corrected chi connectivity index (χ1v) is 7.55. The highest BCUT2D eigenvalue weighted by molar-refractivity contribution is 5.89. The zero-order valence-corrected chi connectivity index (χ0v) is 13.4. The normalized spacial score (nSPS) is 10.1. The van der Waals surface area contributed by atoms with Crippen LogP contribution >= 0.6 is 0 Å². The Labute approximate surface area is 144 Å². The van der Waals surface area contributed by atoms with E-state index in [2.05, 4.69) is 25.8 Å². The highest BCUT2D eigenvalue weighted by Crippen LogP contribution is 2.23. The molecule has 7 nitrogen and oxygen atoms in total. The number of rotatable bonds is 5. The van der Waals surface area contributed by atoms with Crippen LogP contribution in [0.25, 0.3) is 11.3 Å². The van der Waals surface area contributed by atoms with Crippen molar-refractivity contribution in [2.75, 3.05) is 10.6 Å². The van der Waals surface area contributed by atoms with Gasteiger partial charge in [0.05, 0.1) is 5.69 Å². The monoisotopic (exact) mass is 333 g/mol. The molecule has 1 aromatic heterocycles. The molecule has 25 heavy (non-hydrogen) atoms. The lowest BCUT2D eigenvalue weighted by Gasteiger charge is -2.08. The van der Waals surface area contributed by atoms with Gasteiger partial charge in [0.1, 0.15) is 5.69 Å². The number of benzene rings is 2. The first-order chi connectivity index (χ1) is 12.1. The predicted molar refractivity (Wildman–Crippen MR) is 97.0 cm³/mol. The van der Waals surface area contributed by atoms with Crippen LogP contribution in [0.3, 0.4) is 0 Å². The van der Waals surface area contributed by atoms with Crippen LogP contribution in [-0.2, 0) is 4.79 Å². The van der Waals surface area contributed by atoms with E-state index in [0.717, 1.165) is 5.56 Å². The average molecular weight is 333 g/mol. The van der Waals surface area contributed by atoms with Crippen LogP contribution in [0.15, 0.2) is 66.0 Å². The Bertz CT molecular complexity index is 927. The number of aromatic nitrogens is 2. The summed E-state index contributed by atoms with van der Waals surface area (Å²) >= 11 is 0. The van der Waals surface area contributed by atoms with Crippen molar-refractivity contribution in [1.29, 1.82) is 0 Å². The number of nitroso groups, excluding NO2 is 1. The molecule has 7 heteroatoms. The third-order valence-electron chi connectivity index (χ3n) is 3.34. The van der Waals surface area contributed by atoms with Crippen LogP contribution < -0.4 is 10.6 Å². The third kappa shape index (κ3) is 4.23. The summed E-state index contributed by atoms with van der Waals surface area (Å²) in [5.74, 6) is 0.261. The number of nitrogens with zero attached hydrogens (tertiary/aromatic N) is 3. The Kier molecular flexibility index (Phi) is 4.75. The molecule has 2 N–H and O–H groups in total. The lowest BCUT2D eigenvalue weighted by Crippen LogP contribution is -2.05. The highest BCUT2D eigenvalue weighted by Gasteiger charge is 2.05. The molecule has 3 rings (SSSR count). The summed E-state index contributed by atoms with van der Waals surface area (Å²) in [5.41, 5.74) is 3.24. The molecule has 0 radical (unpaired) electrons. The standard InChI is InChI=1S/C18H15N5O2/c1-12(24)20-14-5-2-4-13(10-14)17-8-9-19-18(22-17)21-15-6-3-7-16(11-15)23-25/h2-11H,1H3,(H,20,24)(H,19,21,22). The maximum absolute atomic E-state index is 11.2. The Morgan fingerprint density at radius 2 is 1.84 bits per heavy atom. The van der Waals surface area contributed by atoms with Crippen molar-refractivity contribution < 1.29 is 4.79 Å². The lowest BCUT2D eigenvalue weighted by atomic mass is 10.1. The fourth-order valence-corrected chi connectivity index (χ4v) is 2.31. The van der Waals surface area contributed by atoms with Crippen molar-refractivity contribution in [1.82, 2.24) is 9.97 Å². The molecule has 0 fully saturated rings. The summed E-state index contributed by atoms with van der Waals surface area (Å²) in [6.07, 6.45) is 1.64. The van der Waals surface area contributed by atoms with Gasteiger partial charge in [0.2, 0.25) is 11.9 Å². The van der Waals surface area contributed by atoms with Crippen LogP contribution in [0.2, 0.25) is 0 Å². The topological polar surface area (TPSA) is 96.3 Å². The molecule has 0 bridgehead atoms. The van der Waals surface area contributed by atoms with Crippen molar-refractivity contribution in [3.8, 4) is 11.3 Å². The molecule has 0 aliphatic rings. The van der Waals surface area contributed by atoms with Gasteiger partial charge >= 0.3 is 0 Å². The van der Waals surface area contributed by atoms with Gasteiger partial charge in [-0.3, -0.25) is 4.79 Å². The van der Waals surface area contributed by atoms with Crippen LogP contribution in [0.4, 0.5) is 23.0 Å². The zero-order valence-electron chi connectivity index (χ0n) is 13.4. The molecular formula is C18H15N5O2. The minimum absolute atomic E-state index is 0.133. The second-order valence-electron chi connectivity index (χ2n) is 5.29. The van der Waals surface area contributed by atoms with E-state index in [1.807, 2.05) is 24.3 Å². The molecule has 124 valence electrons. The summed E-state index contributed by atoms with van der Waals surface area (Å²) in [6, 6.07) is 15.9. The molecular weight excluding hydrogens is 318 g/mol. The molecule has 0 atom stereocenters. The molecule has 0 spiro atoms. The zero-order chi connectivity index (χ0) is 17.6. The SMILES string of the molecule is CC(=O)Nc1cccc(-c2ccnc(Nc3cccc(N=O)c3)n2)c1. The van der Waals surface area contributed by atoms with Crippen LogP contribution in [-0.4, -0.2) is 15.9 Å². The summed E-state index contributed by atoms with van der Waals surface area (Å²) < 4.78 is 0. The molecule has 0 saturated heterocycles. The van der Waals surface area contributed by atoms with Crippen molar-refractivity contribution in [3.05, 3.63) is 65.7 Å². The quantitative estimate of drug-likeness (QED) is 0.681. The number of carbonyl (C=O) groups is 1.